The molecule has 3 rings (SSSR count). The van der Waals surface area contributed by atoms with Crippen LogP contribution in [0.2, 0.25) is 0 Å². The first-order valence-electron chi connectivity index (χ1n) is 4.84. The highest BCUT2D eigenvalue weighted by Crippen LogP contribution is 2.49. The third-order valence-electron chi connectivity index (χ3n) is 3.63. The van der Waals surface area contributed by atoms with Crippen molar-refractivity contribution in [2.24, 2.45) is 0 Å². The van der Waals surface area contributed by atoms with Crippen molar-refractivity contribution in [3.8, 4) is 0 Å². The van der Waals surface area contributed by atoms with E-state index in [2.05, 4.69) is 15.9 Å². The number of nitrogens with zero attached hydrogens (tertiary/aromatic N) is 1. The summed E-state index contributed by atoms with van der Waals surface area (Å²) >= 11 is 3.60. The van der Waals surface area contributed by atoms with Gasteiger partial charge in [-0.1, -0.05) is 15.9 Å². The minimum Gasteiger partial charge on any atom is -0.445 e. The minimum atomic E-state index is -0.0873. The first-order valence-corrected chi connectivity index (χ1v) is 5.75. The Morgan fingerprint density at radius 3 is 3.23 bits per heavy atom. The standard InChI is InChI=1S/C9H12BrNO2/c10-6-4-9-2-1-3-11(9)8(12)13-7(6)5-9/h6-7H,1-5H2/t6?,7?,9-/m0/s1. The maximum atomic E-state index is 11.6. The van der Waals surface area contributed by atoms with Crippen molar-refractivity contribution < 1.29 is 9.53 Å². The second-order valence-electron chi connectivity index (χ2n) is 4.33. The van der Waals surface area contributed by atoms with Crippen molar-refractivity contribution in [1.82, 2.24) is 4.90 Å². The lowest BCUT2D eigenvalue weighted by Crippen LogP contribution is -2.50. The van der Waals surface area contributed by atoms with Gasteiger partial charge in [-0.2, -0.15) is 0 Å². The average Bonchev–Trinajstić information content (AvgIpc) is 2.57. The lowest BCUT2D eigenvalue weighted by molar-refractivity contribution is 0.0114. The van der Waals surface area contributed by atoms with E-state index in [1.54, 1.807) is 0 Å². The summed E-state index contributed by atoms with van der Waals surface area (Å²) < 4.78 is 5.34. The molecule has 0 aromatic rings. The third-order valence-corrected chi connectivity index (χ3v) is 4.54. The fourth-order valence-electron chi connectivity index (χ4n) is 3.04. The molecule has 0 N–H and O–H groups in total. The third kappa shape index (κ3) is 0.925. The van der Waals surface area contributed by atoms with Crippen LogP contribution in [0, 0.1) is 0 Å². The van der Waals surface area contributed by atoms with Crippen LogP contribution in [-0.2, 0) is 4.74 Å². The summed E-state index contributed by atoms with van der Waals surface area (Å²) in [6.07, 6.45) is 4.46. The smallest absolute Gasteiger partial charge is 0.410 e. The fourth-order valence-corrected chi connectivity index (χ4v) is 3.93. The first-order chi connectivity index (χ1) is 6.21. The minimum absolute atomic E-state index is 0.0873. The summed E-state index contributed by atoms with van der Waals surface area (Å²) in [6, 6.07) is 0. The number of halogens is 1. The normalized spacial score (nSPS) is 47.8. The number of carbonyl (C=O) groups excluding carboxylic acids is 1. The Labute approximate surface area is 85.5 Å². The van der Waals surface area contributed by atoms with Crippen LogP contribution in [0.3, 0.4) is 0 Å². The largest absolute Gasteiger partial charge is 0.445 e. The molecular weight excluding hydrogens is 234 g/mol. The molecule has 0 aromatic carbocycles. The summed E-state index contributed by atoms with van der Waals surface area (Å²) in [5, 5.41) is 0. The molecule has 2 aliphatic heterocycles. The molecule has 1 amide bonds. The molecule has 0 aromatic heterocycles. The van der Waals surface area contributed by atoms with Crippen LogP contribution in [0.25, 0.3) is 0 Å². The van der Waals surface area contributed by atoms with Crippen LogP contribution in [0.5, 0.6) is 0 Å². The zero-order chi connectivity index (χ0) is 9.05. The number of carbonyl (C=O) groups is 1. The molecule has 0 radical (unpaired) electrons. The van der Waals surface area contributed by atoms with Gasteiger partial charge in [0, 0.05) is 13.0 Å². The van der Waals surface area contributed by atoms with E-state index >= 15 is 0 Å². The van der Waals surface area contributed by atoms with Crippen LogP contribution in [0.15, 0.2) is 0 Å². The number of alkyl halides is 1. The molecule has 3 fully saturated rings. The molecule has 1 saturated carbocycles. The van der Waals surface area contributed by atoms with Gasteiger partial charge in [-0.15, -0.1) is 0 Å². The molecule has 3 atom stereocenters. The van der Waals surface area contributed by atoms with E-state index in [4.69, 9.17) is 4.74 Å². The molecule has 1 aliphatic carbocycles. The zero-order valence-corrected chi connectivity index (χ0v) is 8.92. The number of amides is 1. The number of hydrogen-bond acceptors (Lipinski definition) is 2. The van der Waals surface area contributed by atoms with E-state index in [0.717, 1.165) is 25.8 Å². The van der Waals surface area contributed by atoms with Crippen LogP contribution in [0.1, 0.15) is 25.7 Å². The van der Waals surface area contributed by atoms with Gasteiger partial charge in [-0.3, -0.25) is 0 Å². The molecule has 3 nitrogen and oxygen atoms in total. The molecule has 72 valence electrons. The van der Waals surface area contributed by atoms with E-state index in [-0.39, 0.29) is 17.7 Å². The highest BCUT2D eigenvalue weighted by molar-refractivity contribution is 9.09. The second-order valence-corrected chi connectivity index (χ2v) is 5.50. The van der Waals surface area contributed by atoms with Crippen LogP contribution in [-0.4, -0.2) is 34.0 Å². The Balaban J connectivity index is 2.00. The van der Waals surface area contributed by atoms with Gasteiger partial charge in [0.25, 0.3) is 0 Å². The molecule has 2 heterocycles. The summed E-state index contributed by atoms with van der Waals surface area (Å²) in [5.74, 6) is 0. The fraction of sp³-hybridized carbons (Fsp3) is 0.889. The highest BCUT2D eigenvalue weighted by Gasteiger charge is 2.57. The van der Waals surface area contributed by atoms with Crippen LogP contribution in [0.4, 0.5) is 4.79 Å². The van der Waals surface area contributed by atoms with Gasteiger partial charge in [-0.25, -0.2) is 4.79 Å². The zero-order valence-electron chi connectivity index (χ0n) is 7.33. The van der Waals surface area contributed by atoms with Crippen molar-refractivity contribution in [2.45, 2.75) is 42.2 Å². The Hall–Kier alpha value is -0.250. The summed E-state index contributed by atoms with van der Waals surface area (Å²) in [4.78, 5) is 13.9. The number of fused-ring (bicyclic) bond motifs is 1. The summed E-state index contributed by atoms with van der Waals surface area (Å²) in [6.45, 7) is 0.894. The van der Waals surface area contributed by atoms with Crippen molar-refractivity contribution in [3.05, 3.63) is 0 Å². The molecule has 1 spiro atoms. The molecule has 3 aliphatic rings. The molecule has 2 bridgehead atoms. The predicted octanol–water partition coefficient (Wildman–Crippen LogP) is 1.90. The van der Waals surface area contributed by atoms with Gasteiger partial charge >= 0.3 is 6.09 Å². The maximum absolute atomic E-state index is 11.6. The van der Waals surface area contributed by atoms with Crippen molar-refractivity contribution in [1.29, 1.82) is 0 Å². The number of ether oxygens (including phenoxy) is 1. The van der Waals surface area contributed by atoms with Gasteiger partial charge in [0.05, 0.1) is 10.4 Å². The lowest BCUT2D eigenvalue weighted by atomic mass is 9.94. The van der Waals surface area contributed by atoms with Gasteiger partial charge < -0.3 is 9.64 Å². The van der Waals surface area contributed by atoms with E-state index in [0.29, 0.717) is 4.83 Å². The predicted molar refractivity (Wildman–Crippen MR) is 50.9 cm³/mol. The SMILES string of the molecule is O=C1OC2C[C@]3(CCCN13)CC2Br. The number of rotatable bonds is 0. The molecule has 13 heavy (non-hydrogen) atoms. The van der Waals surface area contributed by atoms with Gasteiger partial charge in [0.1, 0.15) is 6.10 Å². The van der Waals surface area contributed by atoms with Gasteiger partial charge in [0.2, 0.25) is 0 Å². The van der Waals surface area contributed by atoms with E-state index in [1.165, 1.54) is 6.42 Å². The van der Waals surface area contributed by atoms with Gasteiger partial charge in [-0.05, 0) is 19.3 Å². The van der Waals surface area contributed by atoms with E-state index < -0.39 is 0 Å². The Morgan fingerprint density at radius 1 is 1.54 bits per heavy atom. The average molecular weight is 246 g/mol. The van der Waals surface area contributed by atoms with Crippen molar-refractivity contribution >= 4 is 22.0 Å². The van der Waals surface area contributed by atoms with E-state index in [9.17, 15) is 4.79 Å². The quantitative estimate of drug-likeness (QED) is 0.611. The van der Waals surface area contributed by atoms with Crippen LogP contribution >= 0.6 is 15.9 Å². The summed E-state index contributed by atoms with van der Waals surface area (Å²) in [5.41, 5.74) is 0.161. The van der Waals surface area contributed by atoms with Crippen molar-refractivity contribution in [3.63, 3.8) is 0 Å². The molecule has 4 heteroatoms. The summed E-state index contributed by atoms with van der Waals surface area (Å²) in [7, 11) is 0. The monoisotopic (exact) mass is 245 g/mol. The molecule has 2 unspecified atom stereocenters. The lowest BCUT2D eigenvalue weighted by Gasteiger charge is -2.37. The number of hydrogen-bond donors (Lipinski definition) is 0. The second kappa shape index (κ2) is 2.41. The Morgan fingerprint density at radius 2 is 2.38 bits per heavy atom. The first kappa shape index (κ1) is 8.09. The topological polar surface area (TPSA) is 29.5 Å². The Bertz CT molecular complexity index is 266. The van der Waals surface area contributed by atoms with Crippen LogP contribution < -0.4 is 0 Å². The van der Waals surface area contributed by atoms with E-state index in [1.807, 2.05) is 4.90 Å². The highest BCUT2D eigenvalue weighted by atomic mass is 79.9. The van der Waals surface area contributed by atoms with Crippen molar-refractivity contribution in [2.75, 3.05) is 6.54 Å². The van der Waals surface area contributed by atoms with Gasteiger partial charge in [0.15, 0.2) is 0 Å². The molecular formula is C9H12BrNO2. The maximum Gasteiger partial charge on any atom is 0.410 e. The molecule has 2 saturated heterocycles. The Kier molecular flexibility index (Phi) is 1.50.